The summed E-state index contributed by atoms with van der Waals surface area (Å²) in [7, 11) is 0. The first kappa shape index (κ1) is 25.9. The number of alkyl halides is 3. The van der Waals surface area contributed by atoms with Crippen LogP contribution in [0.1, 0.15) is 5.56 Å². The summed E-state index contributed by atoms with van der Waals surface area (Å²) in [4.78, 5) is 20.7. The smallest absolute Gasteiger partial charge is 0.417 e. The maximum absolute atomic E-state index is 14.7. The minimum atomic E-state index is -4.69. The van der Waals surface area contributed by atoms with Crippen molar-refractivity contribution >= 4 is 40.0 Å². The Morgan fingerprint density at radius 1 is 1.00 bits per heavy atom. The van der Waals surface area contributed by atoms with Crippen LogP contribution in [0, 0.1) is 5.82 Å². The number of nitrogens with one attached hydrogen (secondary N) is 2. The van der Waals surface area contributed by atoms with Crippen molar-refractivity contribution in [3.63, 3.8) is 0 Å². The molecule has 3 aromatic carbocycles. The van der Waals surface area contributed by atoms with E-state index in [1.54, 1.807) is 18.2 Å². The number of amides is 2. The van der Waals surface area contributed by atoms with E-state index in [-0.39, 0.29) is 35.4 Å². The van der Waals surface area contributed by atoms with Crippen molar-refractivity contribution in [2.75, 3.05) is 23.8 Å². The van der Waals surface area contributed by atoms with Gasteiger partial charge in [-0.25, -0.2) is 19.2 Å². The Kier molecular flexibility index (Phi) is 7.60. The van der Waals surface area contributed by atoms with Crippen molar-refractivity contribution in [3.8, 4) is 17.4 Å². The van der Waals surface area contributed by atoms with Gasteiger partial charge in [0.15, 0.2) is 11.6 Å². The molecule has 0 fully saturated rings. The fourth-order valence-corrected chi connectivity index (χ4v) is 3.40. The maximum atomic E-state index is 14.7. The van der Waals surface area contributed by atoms with Gasteiger partial charge in [0.2, 0.25) is 5.88 Å². The fourth-order valence-electron chi connectivity index (χ4n) is 3.17. The number of nitrogens with zero attached hydrogens (tertiary/aromatic N) is 2. The summed E-state index contributed by atoms with van der Waals surface area (Å²) < 4.78 is 64.6. The van der Waals surface area contributed by atoms with Gasteiger partial charge < -0.3 is 25.8 Å². The van der Waals surface area contributed by atoms with E-state index in [0.717, 1.165) is 12.1 Å². The topological polar surface area (TPSA) is 111 Å². The van der Waals surface area contributed by atoms with Crippen molar-refractivity contribution in [2.24, 2.45) is 5.73 Å². The molecule has 0 spiro atoms. The van der Waals surface area contributed by atoms with Crippen molar-refractivity contribution in [1.29, 1.82) is 0 Å². The van der Waals surface area contributed by atoms with Crippen molar-refractivity contribution in [1.82, 2.24) is 9.97 Å². The number of rotatable bonds is 7. The second-order valence-electron chi connectivity index (χ2n) is 7.51. The molecule has 2 amide bonds. The van der Waals surface area contributed by atoms with Crippen molar-refractivity contribution in [2.45, 2.75) is 6.18 Å². The van der Waals surface area contributed by atoms with E-state index < -0.39 is 28.6 Å². The van der Waals surface area contributed by atoms with Gasteiger partial charge in [-0.3, -0.25) is 0 Å². The van der Waals surface area contributed by atoms with Gasteiger partial charge >= 0.3 is 12.2 Å². The molecule has 4 N–H and O–H groups in total. The summed E-state index contributed by atoms with van der Waals surface area (Å²) in [6, 6.07) is 10.4. The van der Waals surface area contributed by atoms with Crippen LogP contribution >= 0.6 is 11.6 Å². The van der Waals surface area contributed by atoms with E-state index in [2.05, 4.69) is 20.6 Å². The van der Waals surface area contributed by atoms with Crippen LogP contribution in [-0.4, -0.2) is 29.2 Å². The van der Waals surface area contributed by atoms with E-state index in [9.17, 15) is 22.4 Å². The lowest BCUT2D eigenvalue weighted by Gasteiger charge is -2.13. The largest absolute Gasteiger partial charge is 0.475 e. The Balaban J connectivity index is 1.43. The number of halogens is 5. The standard InChI is InChI=1S/C24H18ClF4N5O3/c25-17-4-1-13(9-16(17)24(27,28)29)32-23(35)33-14-2-6-21(18(26)10-14)37-15-3-5-19-20(11-15)34-22(12-31-19)36-8-7-30/h1-6,9-12H,7-8,30H2,(H2,32,33,35). The van der Waals surface area contributed by atoms with Gasteiger partial charge in [-0.1, -0.05) is 11.6 Å². The zero-order valence-corrected chi connectivity index (χ0v) is 19.5. The van der Waals surface area contributed by atoms with Crippen LogP contribution in [0.25, 0.3) is 11.0 Å². The Morgan fingerprint density at radius 3 is 2.43 bits per heavy atom. The third kappa shape index (κ3) is 6.54. The van der Waals surface area contributed by atoms with Crippen LogP contribution in [0.2, 0.25) is 5.02 Å². The van der Waals surface area contributed by atoms with E-state index >= 15 is 0 Å². The van der Waals surface area contributed by atoms with Gasteiger partial charge in [0.1, 0.15) is 12.4 Å². The number of aromatic nitrogens is 2. The third-order valence-corrected chi connectivity index (χ3v) is 5.14. The van der Waals surface area contributed by atoms with Crippen molar-refractivity contribution < 1.29 is 31.8 Å². The zero-order valence-electron chi connectivity index (χ0n) is 18.8. The normalized spacial score (nSPS) is 11.3. The number of anilines is 2. The van der Waals surface area contributed by atoms with Crippen LogP contribution in [0.5, 0.6) is 17.4 Å². The molecule has 1 heterocycles. The number of hydrogen-bond donors (Lipinski definition) is 3. The number of urea groups is 1. The molecule has 0 aliphatic carbocycles. The van der Waals surface area contributed by atoms with Crippen LogP contribution in [-0.2, 0) is 6.18 Å². The Bertz CT molecular complexity index is 1450. The Morgan fingerprint density at radius 2 is 1.73 bits per heavy atom. The molecule has 192 valence electrons. The van der Waals surface area contributed by atoms with Gasteiger partial charge in [-0.15, -0.1) is 0 Å². The molecule has 13 heteroatoms. The summed E-state index contributed by atoms with van der Waals surface area (Å²) in [5.74, 6) is -0.377. The van der Waals surface area contributed by atoms with Gasteiger partial charge in [-0.2, -0.15) is 13.2 Å². The number of benzene rings is 3. The maximum Gasteiger partial charge on any atom is 0.417 e. The molecule has 4 aromatic rings. The van der Waals surface area contributed by atoms with E-state index in [1.807, 2.05) is 0 Å². The first-order valence-corrected chi connectivity index (χ1v) is 11.0. The third-order valence-electron chi connectivity index (χ3n) is 4.81. The second-order valence-corrected chi connectivity index (χ2v) is 7.92. The van der Waals surface area contributed by atoms with Gasteiger partial charge in [0.05, 0.1) is 27.8 Å². The quantitative estimate of drug-likeness (QED) is 0.242. The lowest BCUT2D eigenvalue weighted by molar-refractivity contribution is -0.137. The number of hydrogen-bond acceptors (Lipinski definition) is 6. The summed E-state index contributed by atoms with van der Waals surface area (Å²) in [6.07, 6.45) is -3.23. The van der Waals surface area contributed by atoms with E-state index in [4.69, 9.17) is 26.8 Å². The summed E-state index contributed by atoms with van der Waals surface area (Å²) in [5, 5.41) is 4.08. The Hall–Kier alpha value is -4.16. The van der Waals surface area contributed by atoms with Crippen LogP contribution in [0.15, 0.2) is 60.8 Å². The molecule has 0 bridgehead atoms. The van der Waals surface area contributed by atoms with E-state index in [0.29, 0.717) is 23.6 Å². The predicted octanol–water partition coefficient (Wildman–Crippen LogP) is 6.21. The predicted molar refractivity (Wildman–Crippen MR) is 130 cm³/mol. The monoisotopic (exact) mass is 535 g/mol. The average molecular weight is 536 g/mol. The molecule has 0 atom stereocenters. The minimum absolute atomic E-state index is 0.0402. The average Bonchev–Trinajstić information content (AvgIpc) is 2.84. The van der Waals surface area contributed by atoms with Crippen LogP contribution in [0.3, 0.4) is 0 Å². The SMILES string of the molecule is NCCOc1cnc2ccc(Oc3ccc(NC(=O)Nc4ccc(Cl)c(C(F)(F)F)c4)cc3F)cc2n1. The highest BCUT2D eigenvalue weighted by Gasteiger charge is 2.33. The molecule has 37 heavy (non-hydrogen) atoms. The van der Waals surface area contributed by atoms with Gasteiger partial charge in [0.25, 0.3) is 0 Å². The molecule has 1 aromatic heterocycles. The molecular weight excluding hydrogens is 518 g/mol. The molecule has 0 aliphatic rings. The highest BCUT2D eigenvalue weighted by Crippen LogP contribution is 2.36. The molecule has 0 aliphatic heterocycles. The number of nitrogens with two attached hydrogens (primary N) is 1. The fraction of sp³-hybridized carbons (Fsp3) is 0.125. The van der Waals surface area contributed by atoms with E-state index in [1.165, 1.54) is 24.4 Å². The molecule has 0 radical (unpaired) electrons. The lowest BCUT2D eigenvalue weighted by atomic mass is 10.2. The molecule has 0 saturated carbocycles. The summed E-state index contributed by atoms with van der Waals surface area (Å²) >= 11 is 5.57. The molecule has 8 nitrogen and oxygen atoms in total. The first-order valence-electron chi connectivity index (χ1n) is 10.6. The highest BCUT2D eigenvalue weighted by atomic mass is 35.5. The van der Waals surface area contributed by atoms with Crippen molar-refractivity contribution in [3.05, 3.63) is 77.2 Å². The summed E-state index contributed by atoms with van der Waals surface area (Å²) in [6.45, 7) is 0.586. The molecule has 4 rings (SSSR count). The highest BCUT2D eigenvalue weighted by molar-refractivity contribution is 6.31. The van der Waals surface area contributed by atoms with Gasteiger partial charge in [0, 0.05) is 30.1 Å². The molecule has 0 saturated heterocycles. The number of carbonyl (C=O) groups is 1. The number of carbonyl (C=O) groups excluding carboxylic acids is 1. The van der Waals surface area contributed by atoms with Crippen LogP contribution < -0.4 is 25.8 Å². The lowest BCUT2D eigenvalue weighted by Crippen LogP contribution is -2.20. The van der Waals surface area contributed by atoms with Crippen LogP contribution in [0.4, 0.5) is 33.7 Å². The minimum Gasteiger partial charge on any atom is -0.475 e. The summed E-state index contributed by atoms with van der Waals surface area (Å²) in [5.41, 5.74) is 5.23. The molecular formula is C24H18ClF4N5O3. The number of ether oxygens (including phenoxy) is 2. The second kappa shape index (κ2) is 10.8. The number of fused-ring (bicyclic) bond motifs is 1. The molecule has 0 unspecified atom stereocenters. The Labute approximate surface area is 212 Å². The van der Waals surface area contributed by atoms with Gasteiger partial charge in [-0.05, 0) is 42.5 Å². The zero-order chi connectivity index (χ0) is 26.6. The first-order chi connectivity index (χ1) is 17.6.